The van der Waals surface area contributed by atoms with E-state index < -0.39 is 5.82 Å². The molecule has 3 aromatic rings. The number of halogens is 2. The van der Waals surface area contributed by atoms with Crippen LogP contribution in [0.25, 0.3) is 17.6 Å². The molecule has 1 amide bonds. The van der Waals surface area contributed by atoms with E-state index >= 15 is 0 Å². The van der Waals surface area contributed by atoms with E-state index in [1.807, 2.05) is 12.2 Å². The summed E-state index contributed by atoms with van der Waals surface area (Å²) in [6, 6.07) is 6.90. The third-order valence-electron chi connectivity index (χ3n) is 5.38. The lowest BCUT2D eigenvalue weighted by Gasteiger charge is -2.36. The van der Waals surface area contributed by atoms with Crippen LogP contribution >= 0.6 is 0 Å². The predicted octanol–water partition coefficient (Wildman–Crippen LogP) is 3.83. The molecule has 29 heavy (non-hydrogen) atoms. The molecule has 0 saturated carbocycles. The minimum Gasteiger partial charge on any atom is -0.339 e. The molecule has 4 heterocycles. The molecule has 2 aromatic heterocycles. The van der Waals surface area contributed by atoms with Gasteiger partial charge in [-0.05, 0) is 48.7 Å². The zero-order valence-corrected chi connectivity index (χ0v) is 15.3. The summed E-state index contributed by atoms with van der Waals surface area (Å²) in [5.41, 5.74) is 1.48. The molecular formula is C21H16F2N4O2. The van der Waals surface area contributed by atoms with Crippen molar-refractivity contribution in [3.63, 3.8) is 0 Å². The normalized spacial score (nSPS) is 20.9. The topological polar surface area (TPSA) is 72.1 Å². The number of hydrogen-bond donors (Lipinski definition) is 0. The summed E-state index contributed by atoms with van der Waals surface area (Å²) in [4.78, 5) is 23.2. The second kappa shape index (κ2) is 6.88. The Morgan fingerprint density at radius 2 is 1.97 bits per heavy atom. The molecule has 2 atom stereocenters. The molecule has 1 fully saturated rings. The third kappa shape index (κ3) is 3.20. The van der Waals surface area contributed by atoms with Crippen LogP contribution in [0.5, 0.6) is 0 Å². The number of amides is 1. The second-order valence-corrected chi connectivity index (χ2v) is 7.21. The molecule has 2 aliphatic heterocycles. The lowest BCUT2D eigenvalue weighted by molar-refractivity contribution is 0.0629. The van der Waals surface area contributed by atoms with Crippen molar-refractivity contribution in [3.8, 4) is 11.5 Å². The molecule has 6 nitrogen and oxygen atoms in total. The van der Waals surface area contributed by atoms with Crippen molar-refractivity contribution in [2.45, 2.75) is 24.8 Å². The first-order valence-electron chi connectivity index (χ1n) is 9.33. The van der Waals surface area contributed by atoms with Gasteiger partial charge in [-0.25, -0.2) is 13.8 Å². The largest absolute Gasteiger partial charge is 0.339 e. The fourth-order valence-corrected chi connectivity index (χ4v) is 3.88. The van der Waals surface area contributed by atoms with Crippen molar-refractivity contribution in [1.82, 2.24) is 20.0 Å². The van der Waals surface area contributed by atoms with Crippen LogP contribution in [0.1, 0.15) is 40.6 Å². The van der Waals surface area contributed by atoms with Crippen molar-refractivity contribution in [1.29, 1.82) is 0 Å². The maximum Gasteiger partial charge on any atom is 0.254 e. The average molecular weight is 394 g/mol. The van der Waals surface area contributed by atoms with E-state index in [1.165, 1.54) is 30.3 Å². The summed E-state index contributed by atoms with van der Waals surface area (Å²) in [6.45, 7) is 0.420. The number of benzene rings is 1. The molecular weight excluding hydrogens is 378 g/mol. The Hall–Kier alpha value is -3.42. The number of pyridine rings is 1. The van der Waals surface area contributed by atoms with E-state index in [4.69, 9.17) is 4.52 Å². The Bertz CT molecular complexity index is 1110. The van der Waals surface area contributed by atoms with Crippen LogP contribution in [0.2, 0.25) is 0 Å². The highest BCUT2D eigenvalue weighted by atomic mass is 19.1. The Balaban J connectivity index is 1.40. The maximum absolute atomic E-state index is 13.6. The highest BCUT2D eigenvalue weighted by molar-refractivity contribution is 5.99. The molecule has 0 aliphatic carbocycles. The zero-order chi connectivity index (χ0) is 20.0. The van der Waals surface area contributed by atoms with Gasteiger partial charge in [0.2, 0.25) is 11.7 Å². The van der Waals surface area contributed by atoms with Crippen molar-refractivity contribution < 1.29 is 18.1 Å². The summed E-state index contributed by atoms with van der Waals surface area (Å²) >= 11 is 0. The second-order valence-electron chi connectivity index (χ2n) is 7.21. The summed E-state index contributed by atoms with van der Waals surface area (Å²) in [5.74, 6) is -0.364. The Labute approximate surface area is 164 Å². The SMILES string of the molecule is O=C1c2ccc(F)cc2C=C[C@@H]2CC[C@H](c3nc(-c4ccc(F)cn4)no3)CN12. The number of hydrogen-bond acceptors (Lipinski definition) is 5. The van der Waals surface area contributed by atoms with Gasteiger partial charge in [0.05, 0.1) is 18.2 Å². The van der Waals surface area contributed by atoms with Crippen LogP contribution in [0, 0.1) is 11.6 Å². The van der Waals surface area contributed by atoms with E-state index in [9.17, 15) is 13.6 Å². The van der Waals surface area contributed by atoms with Crippen LogP contribution in [0.3, 0.4) is 0 Å². The van der Waals surface area contributed by atoms with E-state index in [-0.39, 0.29) is 29.5 Å². The molecule has 146 valence electrons. The van der Waals surface area contributed by atoms with Gasteiger partial charge >= 0.3 is 0 Å². The molecule has 0 unspecified atom stereocenters. The van der Waals surface area contributed by atoms with Gasteiger partial charge in [-0.3, -0.25) is 4.79 Å². The number of piperidine rings is 1. The molecule has 5 rings (SSSR count). The van der Waals surface area contributed by atoms with Crippen LogP contribution in [-0.2, 0) is 0 Å². The summed E-state index contributed by atoms with van der Waals surface area (Å²) < 4.78 is 32.0. The lowest BCUT2D eigenvalue weighted by atomic mass is 9.92. The molecule has 2 aliphatic rings. The quantitative estimate of drug-likeness (QED) is 0.661. The number of rotatable bonds is 2. The monoisotopic (exact) mass is 394 g/mol. The first kappa shape index (κ1) is 17.7. The number of fused-ring (bicyclic) bond motifs is 2. The van der Waals surface area contributed by atoms with Gasteiger partial charge in [0.25, 0.3) is 5.91 Å². The third-order valence-corrected chi connectivity index (χ3v) is 5.38. The van der Waals surface area contributed by atoms with Crippen molar-refractivity contribution >= 4 is 12.0 Å². The van der Waals surface area contributed by atoms with E-state index in [2.05, 4.69) is 15.1 Å². The first-order valence-corrected chi connectivity index (χ1v) is 9.33. The fourth-order valence-electron chi connectivity index (χ4n) is 3.88. The van der Waals surface area contributed by atoms with Crippen molar-refractivity contribution in [3.05, 3.63) is 71.3 Å². The molecule has 0 radical (unpaired) electrons. The molecule has 0 spiro atoms. The van der Waals surface area contributed by atoms with Crippen molar-refractivity contribution in [2.75, 3.05) is 6.54 Å². The van der Waals surface area contributed by atoms with Crippen LogP contribution < -0.4 is 0 Å². The standard InChI is InChI=1S/C21H16F2N4O2/c22-14-3-7-17-12(9-14)1-5-16-6-2-13(11-27(16)21(17)28)20-25-19(26-29-20)18-8-4-15(23)10-24-18/h1,3-5,7-10,13,16H,2,6,11H2/t13-,16+/m0/s1. The van der Waals surface area contributed by atoms with Gasteiger partial charge < -0.3 is 9.42 Å². The van der Waals surface area contributed by atoms with Crippen LogP contribution in [0.4, 0.5) is 8.78 Å². The molecule has 8 heteroatoms. The minimum absolute atomic E-state index is 0.0598. The van der Waals surface area contributed by atoms with E-state index in [1.54, 1.807) is 4.90 Å². The Morgan fingerprint density at radius 1 is 1.10 bits per heavy atom. The van der Waals surface area contributed by atoms with Gasteiger partial charge in [0.15, 0.2) is 0 Å². The van der Waals surface area contributed by atoms with Crippen molar-refractivity contribution in [2.24, 2.45) is 0 Å². The van der Waals surface area contributed by atoms with E-state index in [0.717, 1.165) is 19.0 Å². The Kier molecular flexibility index (Phi) is 4.19. The Morgan fingerprint density at radius 3 is 2.79 bits per heavy atom. The number of carbonyl (C=O) groups excluding carboxylic acids is 1. The van der Waals surface area contributed by atoms with Gasteiger partial charge in [-0.15, -0.1) is 0 Å². The van der Waals surface area contributed by atoms with Gasteiger partial charge in [0, 0.05) is 12.1 Å². The van der Waals surface area contributed by atoms with E-state index in [0.29, 0.717) is 29.3 Å². The highest BCUT2D eigenvalue weighted by Gasteiger charge is 2.36. The first-order chi connectivity index (χ1) is 14.1. The fraction of sp³-hybridized carbons (Fsp3) is 0.238. The summed E-state index contributed by atoms with van der Waals surface area (Å²) in [7, 11) is 0. The molecule has 1 aromatic carbocycles. The molecule has 0 N–H and O–H groups in total. The minimum atomic E-state index is -0.441. The highest BCUT2D eigenvalue weighted by Crippen LogP contribution is 2.34. The van der Waals surface area contributed by atoms with Gasteiger partial charge in [0.1, 0.15) is 17.3 Å². The smallest absolute Gasteiger partial charge is 0.254 e. The van der Waals surface area contributed by atoms with Crippen LogP contribution in [0.15, 0.2) is 47.1 Å². The van der Waals surface area contributed by atoms with Crippen LogP contribution in [-0.4, -0.2) is 38.5 Å². The zero-order valence-electron chi connectivity index (χ0n) is 15.3. The lowest BCUT2D eigenvalue weighted by Crippen LogP contribution is -2.45. The molecule has 0 bridgehead atoms. The van der Waals surface area contributed by atoms with Gasteiger partial charge in [-0.2, -0.15) is 4.98 Å². The number of nitrogens with zero attached hydrogens (tertiary/aromatic N) is 4. The van der Waals surface area contributed by atoms with Gasteiger partial charge in [-0.1, -0.05) is 17.3 Å². The number of aromatic nitrogens is 3. The average Bonchev–Trinajstić information content (AvgIpc) is 3.18. The summed E-state index contributed by atoms with van der Waals surface area (Å²) in [5, 5.41) is 3.95. The molecule has 1 saturated heterocycles. The predicted molar refractivity (Wildman–Crippen MR) is 99.7 cm³/mol. The summed E-state index contributed by atoms with van der Waals surface area (Å²) in [6.07, 6.45) is 6.35. The number of carbonyl (C=O) groups is 1. The maximum atomic E-state index is 13.6.